The largest absolute Gasteiger partial charge is 0.427 e. The number of carbonyl (C=O) groups is 3. The normalized spacial score (nSPS) is 19.3. The Hall–Kier alpha value is -2.39. The number of aromatic nitrogens is 4. The van der Waals surface area contributed by atoms with Crippen LogP contribution in [0.25, 0.3) is 5.78 Å². The standard InChI is InChI=1S/C22H28N6O6S2.ClH/c1-11-6-14(28-21(24-11)25-13(26-28)7-32-5)35-8-12-9-36-18-15(23)17(29)27(18)16(12)19(30)33-10-34-20(31)22(2,3)4;/h6,15,18H,7-10,23H2,1-5H3;1H/t15?,18-;/m0./s1. The lowest BCUT2D eigenvalue weighted by Crippen LogP contribution is -2.68. The molecule has 2 N–H and O–H groups in total. The molecule has 0 radical (unpaired) electrons. The first-order valence-electron chi connectivity index (χ1n) is 11.1. The summed E-state index contributed by atoms with van der Waals surface area (Å²) in [5.41, 5.74) is 6.82. The van der Waals surface area contributed by atoms with Crippen molar-refractivity contribution in [1.82, 2.24) is 24.5 Å². The maximum Gasteiger partial charge on any atom is 0.357 e. The summed E-state index contributed by atoms with van der Waals surface area (Å²) in [6.07, 6.45) is 0. The van der Waals surface area contributed by atoms with Crippen molar-refractivity contribution in [1.29, 1.82) is 0 Å². The van der Waals surface area contributed by atoms with Gasteiger partial charge in [-0.05, 0) is 39.3 Å². The number of esters is 2. The molecule has 4 heterocycles. The number of halogens is 1. The Morgan fingerprint density at radius 2 is 2.00 bits per heavy atom. The number of rotatable bonds is 8. The number of nitrogens with two attached hydrogens (primary N) is 1. The quantitative estimate of drug-likeness (QED) is 0.161. The van der Waals surface area contributed by atoms with Crippen LogP contribution < -0.4 is 5.73 Å². The van der Waals surface area contributed by atoms with E-state index in [0.717, 1.165) is 10.7 Å². The van der Waals surface area contributed by atoms with Gasteiger partial charge in [-0.1, -0.05) is 0 Å². The van der Waals surface area contributed by atoms with Crippen LogP contribution in [0.5, 0.6) is 0 Å². The van der Waals surface area contributed by atoms with Crippen LogP contribution in [-0.2, 0) is 35.2 Å². The Morgan fingerprint density at radius 3 is 2.68 bits per heavy atom. The number of aryl methyl sites for hydroxylation is 1. The first kappa shape index (κ1) is 29.2. The summed E-state index contributed by atoms with van der Waals surface area (Å²) >= 11 is 2.92. The van der Waals surface area contributed by atoms with Crippen LogP contribution in [0.3, 0.4) is 0 Å². The minimum absolute atomic E-state index is 0. The van der Waals surface area contributed by atoms with E-state index in [1.165, 1.54) is 28.4 Å². The Balaban J connectivity index is 0.00000380. The summed E-state index contributed by atoms with van der Waals surface area (Å²) in [6, 6.07) is 1.19. The molecule has 0 aromatic carbocycles. The van der Waals surface area contributed by atoms with Gasteiger partial charge in [0, 0.05) is 24.3 Å². The molecule has 1 amide bonds. The number of hydrogen-bond donors (Lipinski definition) is 1. The molecule has 2 atom stereocenters. The smallest absolute Gasteiger partial charge is 0.357 e. The lowest BCUT2D eigenvalue weighted by atomic mass is 9.98. The van der Waals surface area contributed by atoms with Gasteiger partial charge in [0.15, 0.2) is 5.82 Å². The average molecular weight is 573 g/mol. The minimum atomic E-state index is -0.739. The molecule has 0 spiro atoms. The van der Waals surface area contributed by atoms with E-state index in [4.69, 9.17) is 19.9 Å². The predicted octanol–water partition coefficient (Wildman–Crippen LogP) is 1.68. The highest BCUT2D eigenvalue weighted by Gasteiger charge is 2.52. The fourth-order valence-electron chi connectivity index (χ4n) is 3.55. The van der Waals surface area contributed by atoms with Crippen LogP contribution in [-0.4, -0.2) is 79.2 Å². The van der Waals surface area contributed by atoms with Crippen LogP contribution in [0.1, 0.15) is 32.3 Å². The number of thioether (sulfide) groups is 2. The Morgan fingerprint density at radius 1 is 1.27 bits per heavy atom. The predicted molar refractivity (Wildman–Crippen MR) is 139 cm³/mol. The maximum absolute atomic E-state index is 13.1. The van der Waals surface area contributed by atoms with Crippen molar-refractivity contribution in [2.45, 2.75) is 50.7 Å². The van der Waals surface area contributed by atoms with Crippen molar-refractivity contribution in [3.63, 3.8) is 0 Å². The number of hydrogen-bond acceptors (Lipinski definition) is 12. The lowest BCUT2D eigenvalue weighted by molar-refractivity contribution is -0.173. The van der Waals surface area contributed by atoms with Crippen molar-refractivity contribution >= 4 is 59.6 Å². The van der Waals surface area contributed by atoms with Crippen LogP contribution in [0.4, 0.5) is 0 Å². The molecule has 0 saturated carbocycles. The second-order valence-corrected chi connectivity index (χ2v) is 11.4. The summed E-state index contributed by atoms with van der Waals surface area (Å²) in [5.74, 6) is 0.219. The molecule has 2 aliphatic rings. The zero-order valence-corrected chi connectivity index (χ0v) is 23.5. The van der Waals surface area contributed by atoms with Crippen LogP contribution in [0, 0.1) is 12.3 Å². The van der Waals surface area contributed by atoms with Gasteiger partial charge in [-0.15, -0.1) is 41.0 Å². The van der Waals surface area contributed by atoms with Crippen molar-refractivity contribution in [2.75, 3.05) is 25.4 Å². The van der Waals surface area contributed by atoms with Gasteiger partial charge in [-0.25, -0.2) is 9.78 Å². The van der Waals surface area contributed by atoms with Crippen LogP contribution in [0.2, 0.25) is 0 Å². The van der Waals surface area contributed by atoms with E-state index in [0.29, 0.717) is 28.7 Å². The summed E-state index contributed by atoms with van der Waals surface area (Å²) in [4.78, 5) is 47.8. The van der Waals surface area contributed by atoms with Gasteiger partial charge in [0.2, 0.25) is 12.7 Å². The topological polar surface area (TPSA) is 151 Å². The van der Waals surface area contributed by atoms with Crippen molar-refractivity contribution in [2.24, 2.45) is 11.1 Å². The summed E-state index contributed by atoms with van der Waals surface area (Å²) < 4.78 is 17.1. The van der Waals surface area contributed by atoms with Gasteiger partial charge in [0.1, 0.15) is 28.7 Å². The van der Waals surface area contributed by atoms with Crippen LogP contribution in [0.15, 0.2) is 22.4 Å². The summed E-state index contributed by atoms with van der Waals surface area (Å²) in [6.45, 7) is 6.66. The molecular formula is C22H29ClN6O6S2. The fraction of sp³-hybridized carbons (Fsp3) is 0.545. The van der Waals surface area contributed by atoms with Crippen molar-refractivity contribution in [3.05, 3.63) is 28.9 Å². The summed E-state index contributed by atoms with van der Waals surface area (Å²) in [5, 5.41) is 4.88. The van der Waals surface area contributed by atoms with Gasteiger partial charge in [0.05, 0.1) is 5.41 Å². The average Bonchev–Trinajstić information content (AvgIpc) is 3.23. The third-order valence-electron chi connectivity index (χ3n) is 5.39. The third kappa shape index (κ3) is 6.03. The Bertz CT molecular complexity index is 1250. The number of methoxy groups -OCH3 is 1. The number of fused-ring (bicyclic) bond motifs is 2. The number of carbonyl (C=O) groups excluding carboxylic acids is 3. The zero-order chi connectivity index (χ0) is 26.2. The molecular weight excluding hydrogens is 544 g/mol. The van der Waals surface area contributed by atoms with Gasteiger partial charge in [-0.3, -0.25) is 14.5 Å². The van der Waals surface area contributed by atoms with Gasteiger partial charge < -0.3 is 19.9 Å². The van der Waals surface area contributed by atoms with E-state index in [-0.39, 0.29) is 36.0 Å². The fourth-order valence-corrected chi connectivity index (χ4v) is 6.03. The molecule has 2 aromatic heterocycles. The third-order valence-corrected chi connectivity index (χ3v) is 7.83. The number of amides is 1. The minimum Gasteiger partial charge on any atom is -0.427 e. The highest BCUT2D eigenvalue weighted by molar-refractivity contribution is 8.01. The van der Waals surface area contributed by atoms with E-state index in [1.54, 1.807) is 32.4 Å². The monoisotopic (exact) mass is 572 g/mol. The molecule has 12 nitrogen and oxygen atoms in total. The molecule has 202 valence electrons. The van der Waals surface area contributed by atoms with Gasteiger partial charge >= 0.3 is 11.9 Å². The number of β-lactam (4-membered cyclic amide) rings is 1. The molecule has 2 aliphatic heterocycles. The van der Waals surface area contributed by atoms with Gasteiger partial charge in [0.25, 0.3) is 5.78 Å². The molecule has 2 aromatic rings. The maximum atomic E-state index is 13.1. The molecule has 37 heavy (non-hydrogen) atoms. The molecule has 1 saturated heterocycles. The second kappa shape index (κ2) is 11.6. The van der Waals surface area contributed by atoms with E-state index >= 15 is 0 Å². The zero-order valence-electron chi connectivity index (χ0n) is 21.0. The highest BCUT2D eigenvalue weighted by atomic mass is 35.5. The first-order valence-corrected chi connectivity index (χ1v) is 13.2. The molecule has 0 bridgehead atoms. The van der Waals surface area contributed by atoms with E-state index in [1.807, 2.05) is 13.0 Å². The molecule has 15 heteroatoms. The molecule has 4 rings (SSSR count). The molecule has 1 unspecified atom stereocenters. The molecule has 0 aliphatic carbocycles. The van der Waals surface area contributed by atoms with Crippen molar-refractivity contribution in [3.8, 4) is 0 Å². The SMILES string of the molecule is COCc1nc2nc(C)cc(SCC3=C(C(=O)OCOC(=O)C(C)(C)C)N4C(=O)C(N)[C@@H]4SC3)n2n1.Cl. The van der Waals surface area contributed by atoms with Crippen molar-refractivity contribution < 1.29 is 28.6 Å². The van der Waals surface area contributed by atoms with E-state index < -0.39 is 30.2 Å². The second-order valence-electron chi connectivity index (χ2n) is 9.32. The number of nitrogens with zero attached hydrogens (tertiary/aromatic N) is 5. The number of ether oxygens (including phenoxy) is 3. The van der Waals surface area contributed by atoms with Gasteiger partial charge in [-0.2, -0.15) is 9.50 Å². The summed E-state index contributed by atoms with van der Waals surface area (Å²) in [7, 11) is 1.56. The Labute approximate surface area is 228 Å². The van der Waals surface area contributed by atoms with Crippen LogP contribution >= 0.6 is 35.9 Å². The Kier molecular flexibility index (Phi) is 9.11. The lowest BCUT2D eigenvalue weighted by Gasteiger charge is -2.48. The first-order chi connectivity index (χ1) is 17.0. The highest BCUT2D eigenvalue weighted by Crippen LogP contribution is 2.41. The molecule has 1 fully saturated rings. The van der Waals surface area contributed by atoms with E-state index in [9.17, 15) is 14.4 Å². The van der Waals surface area contributed by atoms with E-state index in [2.05, 4.69) is 15.1 Å².